The molecule has 3 aromatic rings. The summed E-state index contributed by atoms with van der Waals surface area (Å²) < 4.78 is 0. The zero-order chi connectivity index (χ0) is 20.5. The summed E-state index contributed by atoms with van der Waals surface area (Å²) >= 11 is 1.47. The molecule has 2 aromatic heterocycles. The number of hydrogen-bond acceptors (Lipinski definition) is 7. The Morgan fingerprint density at radius 1 is 0.767 bits per heavy atom. The van der Waals surface area contributed by atoms with Crippen molar-refractivity contribution in [2.45, 2.75) is 0 Å². The molecule has 2 amide bonds. The summed E-state index contributed by atoms with van der Waals surface area (Å²) in [5.41, 5.74) is 1.57. The van der Waals surface area contributed by atoms with Crippen LogP contribution in [0.3, 0.4) is 0 Å². The van der Waals surface area contributed by atoms with Gasteiger partial charge in [-0.1, -0.05) is 24.3 Å². The number of benzene rings is 1. The fraction of sp³-hybridized carbons (Fsp3) is 0.182. The molecule has 1 saturated heterocycles. The van der Waals surface area contributed by atoms with Crippen molar-refractivity contribution in [2.24, 2.45) is 0 Å². The fourth-order valence-electron chi connectivity index (χ4n) is 3.85. The number of amides is 2. The van der Waals surface area contributed by atoms with Gasteiger partial charge in [0.15, 0.2) is 0 Å². The van der Waals surface area contributed by atoms with Crippen molar-refractivity contribution >= 4 is 40.4 Å². The highest BCUT2D eigenvalue weighted by molar-refractivity contribution is 7.11. The van der Waals surface area contributed by atoms with Crippen LogP contribution in [0.2, 0.25) is 0 Å². The topological polar surface area (TPSA) is 69.6 Å². The largest absolute Gasteiger partial charge is 0.363 e. The van der Waals surface area contributed by atoms with E-state index < -0.39 is 0 Å². The summed E-state index contributed by atoms with van der Waals surface area (Å²) in [6.07, 6.45) is 3.45. The van der Waals surface area contributed by atoms with E-state index >= 15 is 0 Å². The van der Waals surface area contributed by atoms with Crippen molar-refractivity contribution in [1.29, 1.82) is 0 Å². The predicted octanol–water partition coefficient (Wildman–Crippen LogP) is 2.64. The molecule has 5 rings (SSSR count). The Hall–Kier alpha value is -3.52. The molecule has 4 heterocycles. The van der Waals surface area contributed by atoms with Gasteiger partial charge in [-0.15, -0.1) is 11.3 Å². The van der Waals surface area contributed by atoms with Crippen LogP contribution in [0, 0.1) is 0 Å². The van der Waals surface area contributed by atoms with Crippen molar-refractivity contribution < 1.29 is 9.59 Å². The average Bonchev–Trinajstić information content (AvgIpc) is 3.41. The third-order valence-electron chi connectivity index (χ3n) is 5.27. The minimum absolute atomic E-state index is 0.265. The van der Waals surface area contributed by atoms with Gasteiger partial charge in [0, 0.05) is 43.4 Å². The van der Waals surface area contributed by atoms with E-state index in [9.17, 15) is 9.59 Å². The molecule has 0 bridgehead atoms. The van der Waals surface area contributed by atoms with Crippen LogP contribution in [0.1, 0.15) is 4.88 Å². The molecular weight excluding hydrogens is 398 g/mol. The van der Waals surface area contributed by atoms with Gasteiger partial charge in [0.1, 0.15) is 5.70 Å². The number of imide groups is 1. The number of thiophene rings is 1. The standard InChI is InChI=1S/C22H19N5O2S/c28-20-18(17-8-4-15-30-17)19(21(29)27(20)16-6-2-1-3-7-16)25-11-13-26(14-12-25)22-23-9-5-10-24-22/h1-10,15H,11-14H2. The maximum Gasteiger partial charge on any atom is 0.282 e. The summed E-state index contributed by atoms with van der Waals surface area (Å²) in [5.74, 6) is 0.154. The van der Waals surface area contributed by atoms with Crippen LogP contribution in [0.4, 0.5) is 11.6 Å². The molecule has 0 atom stereocenters. The molecule has 30 heavy (non-hydrogen) atoms. The second kappa shape index (κ2) is 7.72. The molecule has 0 unspecified atom stereocenters. The van der Waals surface area contributed by atoms with Crippen molar-refractivity contribution in [3.63, 3.8) is 0 Å². The van der Waals surface area contributed by atoms with Crippen molar-refractivity contribution in [3.05, 3.63) is 76.9 Å². The van der Waals surface area contributed by atoms with Gasteiger partial charge in [-0.2, -0.15) is 0 Å². The Kier molecular flexibility index (Phi) is 4.76. The molecule has 7 nitrogen and oxygen atoms in total. The summed E-state index contributed by atoms with van der Waals surface area (Å²) in [7, 11) is 0. The molecule has 8 heteroatoms. The lowest BCUT2D eigenvalue weighted by Crippen LogP contribution is -2.48. The summed E-state index contributed by atoms with van der Waals surface area (Å²) in [6, 6.07) is 14.7. The second-order valence-corrected chi connectivity index (χ2v) is 7.95. The Balaban J connectivity index is 1.47. The van der Waals surface area contributed by atoms with Crippen LogP contribution < -0.4 is 9.80 Å². The van der Waals surface area contributed by atoms with Crippen LogP contribution in [0.15, 0.2) is 72.0 Å². The number of hydrogen-bond donors (Lipinski definition) is 0. The highest BCUT2D eigenvalue weighted by Crippen LogP contribution is 2.36. The number of rotatable bonds is 4. The van der Waals surface area contributed by atoms with E-state index in [1.165, 1.54) is 16.2 Å². The number of piperazine rings is 1. The van der Waals surface area contributed by atoms with Crippen LogP contribution in [0.25, 0.3) is 5.57 Å². The summed E-state index contributed by atoms with van der Waals surface area (Å²) in [4.78, 5) is 41.7. The molecule has 1 aromatic carbocycles. The third kappa shape index (κ3) is 3.15. The molecule has 0 N–H and O–H groups in total. The Bertz CT molecular complexity index is 1090. The normalized spacial score (nSPS) is 17.3. The third-order valence-corrected chi connectivity index (χ3v) is 6.16. The van der Waals surface area contributed by atoms with Gasteiger partial charge in [-0.25, -0.2) is 14.9 Å². The molecule has 2 aliphatic rings. The quantitative estimate of drug-likeness (QED) is 0.608. The first-order valence-corrected chi connectivity index (χ1v) is 10.6. The zero-order valence-corrected chi connectivity index (χ0v) is 17.0. The van der Waals surface area contributed by atoms with Gasteiger partial charge < -0.3 is 9.80 Å². The van der Waals surface area contributed by atoms with E-state index in [1.807, 2.05) is 40.6 Å². The van der Waals surface area contributed by atoms with E-state index in [0.29, 0.717) is 49.1 Å². The van der Waals surface area contributed by atoms with Crippen molar-refractivity contribution in [3.8, 4) is 0 Å². The molecule has 1 fully saturated rings. The molecular formula is C22H19N5O2S. The van der Waals surface area contributed by atoms with E-state index in [2.05, 4.69) is 14.9 Å². The Labute approximate surface area is 177 Å². The van der Waals surface area contributed by atoms with Gasteiger partial charge in [0.2, 0.25) is 5.95 Å². The maximum absolute atomic E-state index is 13.4. The highest BCUT2D eigenvalue weighted by atomic mass is 32.1. The van der Waals surface area contributed by atoms with Crippen molar-refractivity contribution in [1.82, 2.24) is 14.9 Å². The lowest BCUT2D eigenvalue weighted by molar-refractivity contribution is -0.120. The summed E-state index contributed by atoms with van der Waals surface area (Å²) in [6.45, 7) is 2.59. The van der Waals surface area contributed by atoms with Crippen LogP contribution in [-0.4, -0.2) is 52.9 Å². The Morgan fingerprint density at radius 3 is 2.13 bits per heavy atom. The van der Waals surface area contributed by atoms with Gasteiger partial charge in [-0.05, 0) is 29.6 Å². The van der Waals surface area contributed by atoms with Crippen molar-refractivity contribution in [2.75, 3.05) is 36.0 Å². The molecule has 0 spiro atoms. The van der Waals surface area contributed by atoms with Crippen LogP contribution >= 0.6 is 11.3 Å². The van der Waals surface area contributed by atoms with E-state index in [-0.39, 0.29) is 11.8 Å². The summed E-state index contributed by atoms with van der Waals surface area (Å²) in [5, 5.41) is 1.92. The number of para-hydroxylation sites is 1. The number of anilines is 2. The molecule has 0 saturated carbocycles. The second-order valence-electron chi connectivity index (χ2n) is 7.01. The molecule has 0 aliphatic carbocycles. The first kappa shape index (κ1) is 18.5. The lowest BCUT2D eigenvalue weighted by Gasteiger charge is -2.36. The molecule has 2 aliphatic heterocycles. The highest BCUT2D eigenvalue weighted by Gasteiger charge is 2.43. The van der Waals surface area contributed by atoms with Gasteiger partial charge in [0.25, 0.3) is 11.8 Å². The maximum atomic E-state index is 13.4. The first-order valence-electron chi connectivity index (χ1n) is 9.73. The number of carbonyl (C=O) groups is 2. The fourth-order valence-corrected chi connectivity index (χ4v) is 4.61. The van der Waals surface area contributed by atoms with Gasteiger partial charge in [0.05, 0.1) is 11.3 Å². The predicted molar refractivity (Wildman–Crippen MR) is 116 cm³/mol. The minimum atomic E-state index is -0.266. The van der Waals surface area contributed by atoms with Crippen LogP contribution in [0.5, 0.6) is 0 Å². The van der Waals surface area contributed by atoms with E-state index in [1.54, 1.807) is 30.6 Å². The zero-order valence-electron chi connectivity index (χ0n) is 16.1. The van der Waals surface area contributed by atoms with Gasteiger partial charge >= 0.3 is 0 Å². The first-order chi connectivity index (χ1) is 14.7. The SMILES string of the molecule is O=C1C(c2cccs2)=C(N2CCN(c3ncccn3)CC2)C(=O)N1c1ccccc1. The smallest absolute Gasteiger partial charge is 0.282 e. The van der Waals surface area contributed by atoms with Gasteiger partial charge in [-0.3, -0.25) is 9.59 Å². The van der Waals surface area contributed by atoms with E-state index in [0.717, 1.165) is 4.88 Å². The number of carbonyl (C=O) groups excluding carboxylic acids is 2. The lowest BCUT2D eigenvalue weighted by atomic mass is 10.1. The average molecular weight is 417 g/mol. The number of nitrogens with zero attached hydrogens (tertiary/aromatic N) is 5. The van der Waals surface area contributed by atoms with Crippen LogP contribution in [-0.2, 0) is 9.59 Å². The Morgan fingerprint density at radius 2 is 1.47 bits per heavy atom. The number of aromatic nitrogens is 2. The minimum Gasteiger partial charge on any atom is -0.363 e. The monoisotopic (exact) mass is 417 g/mol. The molecule has 150 valence electrons. The molecule has 0 radical (unpaired) electrons. The van der Waals surface area contributed by atoms with E-state index in [4.69, 9.17) is 0 Å².